The number of carbonyl (C=O) groups is 1. The van der Waals surface area contributed by atoms with E-state index < -0.39 is 0 Å². The third-order valence-corrected chi connectivity index (χ3v) is 6.05. The van der Waals surface area contributed by atoms with Crippen LogP contribution in [0.5, 0.6) is 0 Å². The highest BCUT2D eigenvalue weighted by atomic mass is 32.1. The Morgan fingerprint density at radius 1 is 0.794 bits per heavy atom. The van der Waals surface area contributed by atoms with Crippen LogP contribution in [-0.2, 0) is 0 Å². The fourth-order valence-corrected chi connectivity index (χ4v) is 4.24. The van der Waals surface area contributed by atoms with Gasteiger partial charge in [-0.15, -0.1) is 16.4 Å². The van der Waals surface area contributed by atoms with Gasteiger partial charge in [0.2, 0.25) is 5.78 Å². The molecule has 0 unspecified atom stereocenters. The number of hydrogen-bond donors (Lipinski definition) is 0. The van der Waals surface area contributed by atoms with Gasteiger partial charge < -0.3 is 0 Å². The van der Waals surface area contributed by atoms with Gasteiger partial charge in [0.25, 0.3) is 0 Å². The molecule has 5 aromatic rings. The molecule has 0 saturated carbocycles. The van der Waals surface area contributed by atoms with Gasteiger partial charge in [-0.3, -0.25) is 4.79 Å². The van der Waals surface area contributed by atoms with Gasteiger partial charge in [-0.2, -0.15) is 10.2 Å². The van der Waals surface area contributed by atoms with Crippen molar-refractivity contribution in [2.75, 3.05) is 0 Å². The molecular weight excluding hydrogens is 440 g/mol. The molecule has 5 nitrogen and oxygen atoms in total. The number of aromatic nitrogens is 2. The van der Waals surface area contributed by atoms with Crippen LogP contribution >= 0.6 is 11.3 Å². The summed E-state index contributed by atoms with van der Waals surface area (Å²) in [5.41, 5.74) is 4.15. The lowest BCUT2D eigenvalue weighted by Crippen LogP contribution is -2.15. The Labute approximate surface area is 201 Å². The number of benzene rings is 3. The van der Waals surface area contributed by atoms with Crippen LogP contribution in [0.25, 0.3) is 16.3 Å². The monoisotopic (exact) mass is 460 g/mol. The van der Waals surface area contributed by atoms with E-state index in [2.05, 4.69) is 10.2 Å². The molecule has 0 radical (unpaired) electrons. The summed E-state index contributed by atoms with van der Waals surface area (Å²) in [4.78, 5) is 14.2. The number of thiophene rings is 1. The van der Waals surface area contributed by atoms with E-state index in [1.807, 2.05) is 107 Å². The molecule has 0 amide bonds. The second-order valence-electron chi connectivity index (χ2n) is 7.44. The summed E-state index contributed by atoms with van der Waals surface area (Å²) in [6.45, 7) is 0. The van der Waals surface area contributed by atoms with E-state index >= 15 is 0 Å². The van der Waals surface area contributed by atoms with E-state index in [0.717, 1.165) is 21.8 Å². The molecule has 0 saturated heterocycles. The van der Waals surface area contributed by atoms with Gasteiger partial charge in [-0.05, 0) is 23.6 Å². The number of rotatable bonds is 7. The Kier molecular flexibility index (Phi) is 6.31. The Morgan fingerprint density at radius 2 is 1.44 bits per heavy atom. The average molecular weight is 461 g/mol. The summed E-state index contributed by atoms with van der Waals surface area (Å²) < 4.78 is 1.83. The largest absolute Gasteiger partial charge is 0.287 e. The molecule has 2 aromatic heterocycles. The standard InChI is InChI=1S/C28H20N4OS/c33-28(22-13-6-2-7-14-22)27(21-11-4-1-5-12-21)30-29-19-23-20-32(24-15-8-3-9-16-24)31-26(23)25-17-10-18-34-25/h1-20H. The van der Waals surface area contributed by atoms with E-state index in [-0.39, 0.29) is 11.5 Å². The van der Waals surface area contributed by atoms with Crippen LogP contribution in [0.1, 0.15) is 21.5 Å². The van der Waals surface area contributed by atoms with Gasteiger partial charge in [0.15, 0.2) is 0 Å². The van der Waals surface area contributed by atoms with Gasteiger partial charge in [0.1, 0.15) is 11.4 Å². The molecule has 0 fully saturated rings. The topological polar surface area (TPSA) is 59.6 Å². The van der Waals surface area contributed by atoms with Gasteiger partial charge in [0, 0.05) is 22.9 Å². The lowest BCUT2D eigenvalue weighted by Gasteiger charge is -2.04. The summed E-state index contributed by atoms with van der Waals surface area (Å²) in [7, 11) is 0. The molecule has 34 heavy (non-hydrogen) atoms. The summed E-state index contributed by atoms with van der Waals surface area (Å²) in [5, 5.41) is 15.5. The summed E-state index contributed by atoms with van der Waals surface area (Å²) in [6.07, 6.45) is 3.58. The van der Waals surface area contributed by atoms with Crippen molar-refractivity contribution >= 4 is 29.0 Å². The first kappa shape index (κ1) is 21.4. The molecular formula is C28H20N4OS. The highest BCUT2D eigenvalue weighted by Crippen LogP contribution is 2.27. The predicted molar refractivity (Wildman–Crippen MR) is 138 cm³/mol. The predicted octanol–water partition coefficient (Wildman–Crippen LogP) is 6.31. The average Bonchev–Trinajstić information content (AvgIpc) is 3.58. The molecule has 6 heteroatoms. The second-order valence-corrected chi connectivity index (χ2v) is 8.39. The van der Waals surface area contributed by atoms with E-state index in [1.165, 1.54) is 0 Å². The van der Waals surface area contributed by atoms with Crippen LogP contribution in [-0.4, -0.2) is 27.5 Å². The zero-order chi connectivity index (χ0) is 23.2. The van der Waals surface area contributed by atoms with Crippen molar-refractivity contribution in [3.8, 4) is 16.3 Å². The minimum absolute atomic E-state index is 0.178. The van der Waals surface area contributed by atoms with Crippen LogP contribution in [0.15, 0.2) is 125 Å². The van der Waals surface area contributed by atoms with Crippen molar-refractivity contribution < 1.29 is 4.79 Å². The highest BCUT2D eigenvalue weighted by Gasteiger charge is 2.16. The van der Waals surface area contributed by atoms with Crippen molar-refractivity contribution in [2.45, 2.75) is 0 Å². The van der Waals surface area contributed by atoms with Crippen LogP contribution in [0.3, 0.4) is 0 Å². The van der Waals surface area contributed by atoms with E-state index in [0.29, 0.717) is 11.1 Å². The number of hydrogen-bond acceptors (Lipinski definition) is 5. The zero-order valence-electron chi connectivity index (χ0n) is 18.2. The lowest BCUT2D eigenvalue weighted by molar-refractivity contribution is 0.106. The van der Waals surface area contributed by atoms with Crippen molar-refractivity contribution in [2.24, 2.45) is 10.2 Å². The maximum absolute atomic E-state index is 13.2. The maximum Gasteiger partial charge on any atom is 0.213 e. The molecule has 0 aliphatic rings. The molecule has 0 bridgehead atoms. The Balaban J connectivity index is 1.54. The van der Waals surface area contributed by atoms with Gasteiger partial charge in [-0.1, -0.05) is 84.9 Å². The molecule has 0 N–H and O–H groups in total. The van der Waals surface area contributed by atoms with Gasteiger partial charge in [0.05, 0.1) is 16.8 Å². The van der Waals surface area contributed by atoms with E-state index in [9.17, 15) is 4.79 Å². The minimum atomic E-state index is -0.178. The molecule has 2 heterocycles. The quantitative estimate of drug-likeness (QED) is 0.162. The summed E-state index contributed by atoms with van der Waals surface area (Å²) in [6, 6.07) is 32.4. The number of Topliss-reactive ketones (excluding diaryl/α,β-unsaturated/α-hetero) is 1. The first-order valence-electron chi connectivity index (χ1n) is 10.7. The highest BCUT2D eigenvalue weighted by molar-refractivity contribution is 7.13. The summed E-state index contributed by atoms with van der Waals surface area (Å²) in [5.74, 6) is -0.178. The first-order chi connectivity index (χ1) is 16.8. The summed E-state index contributed by atoms with van der Waals surface area (Å²) >= 11 is 1.61. The van der Waals surface area contributed by atoms with Crippen molar-refractivity contribution in [3.63, 3.8) is 0 Å². The van der Waals surface area contributed by atoms with Crippen LogP contribution in [0.2, 0.25) is 0 Å². The Morgan fingerprint density at radius 3 is 2.09 bits per heavy atom. The van der Waals surface area contributed by atoms with Gasteiger partial charge >= 0.3 is 0 Å². The van der Waals surface area contributed by atoms with Crippen molar-refractivity contribution in [1.82, 2.24) is 9.78 Å². The SMILES string of the molecule is O=C(C(=NN=Cc1cn(-c2ccccc2)nc1-c1cccs1)c1ccccc1)c1ccccc1. The first-order valence-corrected chi connectivity index (χ1v) is 11.6. The number of para-hydroxylation sites is 1. The Hall–Kier alpha value is -4.42. The van der Waals surface area contributed by atoms with E-state index in [1.54, 1.807) is 29.7 Å². The fraction of sp³-hybridized carbons (Fsp3) is 0. The van der Waals surface area contributed by atoms with Crippen molar-refractivity contribution in [3.05, 3.63) is 131 Å². The second kappa shape index (κ2) is 10.0. The van der Waals surface area contributed by atoms with E-state index in [4.69, 9.17) is 5.10 Å². The maximum atomic E-state index is 13.2. The molecule has 0 aliphatic heterocycles. The third-order valence-electron chi connectivity index (χ3n) is 5.17. The van der Waals surface area contributed by atoms with Crippen molar-refractivity contribution in [1.29, 1.82) is 0 Å². The number of nitrogens with zero attached hydrogens (tertiary/aromatic N) is 4. The van der Waals surface area contributed by atoms with Crippen LogP contribution in [0, 0.1) is 0 Å². The van der Waals surface area contributed by atoms with Crippen LogP contribution < -0.4 is 0 Å². The molecule has 3 aromatic carbocycles. The number of ketones is 1. The Bertz CT molecular complexity index is 1440. The molecule has 0 spiro atoms. The normalized spacial score (nSPS) is 11.7. The van der Waals surface area contributed by atoms with Gasteiger partial charge in [-0.25, -0.2) is 4.68 Å². The van der Waals surface area contributed by atoms with Crippen LogP contribution in [0.4, 0.5) is 0 Å². The minimum Gasteiger partial charge on any atom is -0.287 e. The fourth-order valence-electron chi connectivity index (χ4n) is 3.50. The molecule has 0 aliphatic carbocycles. The lowest BCUT2D eigenvalue weighted by atomic mass is 10.0. The number of carbonyl (C=O) groups excluding carboxylic acids is 1. The molecule has 164 valence electrons. The third kappa shape index (κ3) is 4.67. The molecule has 5 rings (SSSR count). The smallest absolute Gasteiger partial charge is 0.213 e. The molecule has 0 atom stereocenters. The zero-order valence-corrected chi connectivity index (χ0v) is 19.0.